The van der Waals surface area contributed by atoms with E-state index in [1.165, 1.54) is 29.8 Å². The Hall–Kier alpha value is -3.84. The number of hydrogen-bond acceptors (Lipinski definition) is 7. The van der Waals surface area contributed by atoms with Gasteiger partial charge in [-0.2, -0.15) is 9.73 Å². The molecular weight excluding hydrogens is 816 g/mol. The summed E-state index contributed by atoms with van der Waals surface area (Å²) in [5, 5.41) is 11.6. The van der Waals surface area contributed by atoms with E-state index >= 15 is 0 Å². The Kier molecular flexibility index (Phi) is 13.4. The second-order valence-corrected chi connectivity index (χ2v) is 18.1. The minimum Gasteiger partial charge on any atom is -0.480 e. The summed E-state index contributed by atoms with van der Waals surface area (Å²) in [5.41, 5.74) is 2.55. The molecule has 1 heterocycles. The molecule has 15 heteroatoms. The molecule has 5 rings (SSSR count). The van der Waals surface area contributed by atoms with Crippen molar-refractivity contribution in [1.29, 1.82) is 0 Å². The number of amidine groups is 1. The maximum absolute atomic E-state index is 13.9. The van der Waals surface area contributed by atoms with E-state index in [1.54, 1.807) is 36.4 Å². The predicted octanol–water partition coefficient (Wildman–Crippen LogP) is 10.6. The van der Waals surface area contributed by atoms with Crippen molar-refractivity contribution in [3.05, 3.63) is 110 Å². The minimum absolute atomic E-state index is 0.00430. The van der Waals surface area contributed by atoms with Crippen molar-refractivity contribution >= 4 is 91.1 Å². The van der Waals surface area contributed by atoms with Gasteiger partial charge in [-0.1, -0.05) is 125 Å². The van der Waals surface area contributed by atoms with Gasteiger partial charge < -0.3 is 15.4 Å². The maximum atomic E-state index is 13.9. The number of halogens is 4. The van der Waals surface area contributed by atoms with Crippen LogP contribution in [-0.2, 0) is 30.4 Å². The zero-order chi connectivity index (χ0) is 41.2. The van der Waals surface area contributed by atoms with E-state index in [2.05, 4.69) is 74.1 Å². The normalized spacial score (nSPS) is 15.4. The van der Waals surface area contributed by atoms with E-state index in [0.717, 1.165) is 23.4 Å². The third kappa shape index (κ3) is 9.47. The number of anilines is 3. The SMILES string of the molecule is CCC(Oc1ccc(C(C)(C)CC)cc1C(C)(C)CC)C(=O)Nc1ccc(Cl)c(NC2=NN(c3c(Cl)cc(Cl)cc3Cl)C(=O)C2NS(=O)(=O)c2ccccc2)c1. The second-order valence-electron chi connectivity index (χ2n) is 14.7. The van der Waals surface area contributed by atoms with Crippen LogP contribution in [0.15, 0.2) is 88.9 Å². The van der Waals surface area contributed by atoms with Crippen molar-refractivity contribution in [2.24, 2.45) is 5.10 Å². The lowest BCUT2D eigenvalue weighted by Gasteiger charge is -2.31. The van der Waals surface area contributed by atoms with Gasteiger partial charge in [0.2, 0.25) is 10.0 Å². The standard InChI is InChI=1S/C41H45Cl4N5O5S/c1-8-33(55-34-19-16-24(40(4,5)9-2)20-28(34)41(6,7)10-3)38(51)46-26-17-18-29(43)32(23-26)47-37-35(49-56(53,54)27-14-12-11-13-15-27)39(52)50(48-37)36-30(44)21-25(42)22-31(36)45/h11-23,33,35,49H,8-10H2,1-7H3,(H,46,51)(H,47,48). The Balaban J connectivity index is 1.44. The van der Waals surface area contributed by atoms with E-state index in [1.807, 2.05) is 13.0 Å². The average Bonchev–Trinajstić information content (AvgIpc) is 3.44. The van der Waals surface area contributed by atoms with Crippen LogP contribution in [0, 0.1) is 0 Å². The summed E-state index contributed by atoms with van der Waals surface area (Å²) >= 11 is 25.6. The van der Waals surface area contributed by atoms with E-state index < -0.39 is 28.1 Å². The molecule has 4 aromatic rings. The Bertz CT molecular complexity index is 2240. The first kappa shape index (κ1) is 43.3. The summed E-state index contributed by atoms with van der Waals surface area (Å²) in [6.45, 7) is 14.9. The molecule has 0 aliphatic carbocycles. The van der Waals surface area contributed by atoms with Gasteiger partial charge in [0.15, 0.2) is 18.0 Å². The molecule has 0 bridgehead atoms. The number of ether oxygens (including phenoxy) is 1. The first-order chi connectivity index (χ1) is 26.3. The van der Waals surface area contributed by atoms with E-state index in [0.29, 0.717) is 17.9 Å². The third-order valence-electron chi connectivity index (χ3n) is 10.1. The van der Waals surface area contributed by atoms with Crippen LogP contribution in [0.4, 0.5) is 17.1 Å². The number of sulfonamides is 1. The van der Waals surface area contributed by atoms with Gasteiger partial charge in [-0.25, -0.2) is 8.42 Å². The molecule has 56 heavy (non-hydrogen) atoms. The molecule has 10 nitrogen and oxygen atoms in total. The molecule has 2 atom stereocenters. The summed E-state index contributed by atoms with van der Waals surface area (Å²) in [5.74, 6) is -0.693. The molecule has 0 saturated heterocycles. The first-order valence-corrected chi connectivity index (χ1v) is 21.1. The van der Waals surface area contributed by atoms with Crippen LogP contribution < -0.4 is 25.1 Å². The Labute approximate surface area is 348 Å². The monoisotopic (exact) mass is 859 g/mol. The molecule has 0 saturated carbocycles. The summed E-state index contributed by atoms with van der Waals surface area (Å²) in [7, 11) is -4.24. The van der Waals surface area contributed by atoms with Gasteiger partial charge in [0, 0.05) is 16.3 Å². The molecular formula is C41H45Cl4N5O5S. The highest BCUT2D eigenvalue weighted by molar-refractivity contribution is 7.89. The minimum atomic E-state index is -4.24. The third-order valence-corrected chi connectivity index (χ3v) is 12.7. The molecule has 1 aliphatic rings. The van der Waals surface area contributed by atoms with Gasteiger partial charge >= 0.3 is 0 Å². The smallest absolute Gasteiger partial charge is 0.273 e. The van der Waals surface area contributed by atoms with Crippen LogP contribution in [0.2, 0.25) is 20.1 Å². The quantitative estimate of drug-likeness (QED) is 0.116. The average molecular weight is 862 g/mol. The number of nitrogens with zero attached hydrogens (tertiary/aromatic N) is 2. The molecule has 2 unspecified atom stereocenters. The number of amides is 2. The lowest BCUT2D eigenvalue weighted by molar-refractivity contribution is -0.123. The van der Waals surface area contributed by atoms with Crippen LogP contribution in [0.3, 0.4) is 0 Å². The van der Waals surface area contributed by atoms with Crippen LogP contribution in [0.25, 0.3) is 0 Å². The lowest BCUT2D eigenvalue weighted by Crippen LogP contribution is -2.48. The van der Waals surface area contributed by atoms with Crippen LogP contribution in [0.1, 0.15) is 78.9 Å². The highest BCUT2D eigenvalue weighted by atomic mass is 35.5. The summed E-state index contributed by atoms with van der Waals surface area (Å²) in [6.07, 6.45) is 1.38. The van der Waals surface area contributed by atoms with Crippen LogP contribution in [-0.4, -0.2) is 38.2 Å². The molecule has 0 radical (unpaired) electrons. The fraction of sp³-hybridized carbons (Fsp3) is 0.341. The van der Waals surface area contributed by atoms with Crippen LogP contribution >= 0.6 is 46.4 Å². The number of rotatable bonds is 14. The maximum Gasteiger partial charge on any atom is 0.273 e. The first-order valence-electron chi connectivity index (χ1n) is 18.1. The molecule has 3 N–H and O–H groups in total. The number of benzene rings is 4. The van der Waals surface area contributed by atoms with Gasteiger partial charge in [-0.3, -0.25) is 9.59 Å². The van der Waals surface area contributed by atoms with Gasteiger partial charge in [-0.05, 0) is 84.2 Å². The van der Waals surface area contributed by atoms with Crippen molar-refractivity contribution in [1.82, 2.24) is 4.72 Å². The van der Waals surface area contributed by atoms with Crippen LogP contribution in [0.5, 0.6) is 5.75 Å². The lowest BCUT2D eigenvalue weighted by atomic mass is 9.76. The number of hydrogen-bond donors (Lipinski definition) is 3. The molecule has 4 aromatic carbocycles. The second kappa shape index (κ2) is 17.3. The van der Waals surface area contributed by atoms with E-state index in [9.17, 15) is 18.0 Å². The fourth-order valence-electron chi connectivity index (χ4n) is 5.89. The number of nitrogens with one attached hydrogen (secondary N) is 3. The molecule has 1 aliphatic heterocycles. The van der Waals surface area contributed by atoms with Gasteiger partial charge in [-0.15, -0.1) is 5.10 Å². The molecule has 2 amide bonds. The Morgan fingerprint density at radius 1 is 0.857 bits per heavy atom. The highest BCUT2D eigenvalue weighted by Crippen LogP contribution is 2.41. The molecule has 0 fully saturated rings. The molecule has 298 valence electrons. The number of hydrazone groups is 1. The molecule has 0 spiro atoms. The number of carbonyl (C=O) groups excluding carboxylic acids is 2. The Morgan fingerprint density at radius 2 is 1.50 bits per heavy atom. The van der Waals surface area contributed by atoms with E-state index in [-0.39, 0.29) is 58.9 Å². The van der Waals surface area contributed by atoms with Gasteiger partial charge in [0.25, 0.3) is 11.8 Å². The largest absolute Gasteiger partial charge is 0.480 e. The van der Waals surface area contributed by atoms with Gasteiger partial charge in [0.05, 0.1) is 25.7 Å². The van der Waals surface area contributed by atoms with Crippen molar-refractivity contribution in [3.63, 3.8) is 0 Å². The number of carbonyl (C=O) groups is 2. The Morgan fingerprint density at radius 3 is 2.11 bits per heavy atom. The van der Waals surface area contributed by atoms with Crippen molar-refractivity contribution < 1.29 is 22.7 Å². The summed E-state index contributed by atoms with van der Waals surface area (Å²) < 4.78 is 35.8. The predicted molar refractivity (Wildman–Crippen MR) is 228 cm³/mol. The van der Waals surface area contributed by atoms with Gasteiger partial charge in [0.1, 0.15) is 11.4 Å². The highest BCUT2D eigenvalue weighted by Gasteiger charge is 2.42. The molecule has 0 aromatic heterocycles. The summed E-state index contributed by atoms with van der Waals surface area (Å²) in [4.78, 5) is 27.7. The van der Waals surface area contributed by atoms with Crippen molar-refractivity contribution in [2.75, 3.05) is 15.6 Å². The topological polar surface area (TPSA) is 129 Å². The zero-order valence-corrected chi connectivity index (χ0v) is 36.0. The summed E-state index contributed by atoms with van der Waals surface area (Å²) in [6, 6.07) is 19.7. The van der Waals surface area contributed by atoms with Crippen molar-refractivity contribution in [3.8, 4) is 5.75 Å². The fourth-order valence-corrected chi connectivity index (χ4v) is 8.21. The zero-order valence-electron chi connectivity index (χ0n) is 32.1. The van der Waals surface area contributed by atoms with E-state index in [4.69, 9.17) is 51.1 Å². The van der Waals surface area contributed by atoms with Crippen molar-refractivity contribution in [2.45, 2.75) is 95.6 Å².